The van der Waals surface area contributed by atoms with Gasteiger partial charge in [0.05, 0.1) is 27.7 Å². The van der Waals surface area contributed by atoms with Crippen molar-refractivity contribution in [3.63, 3.8) is 0 Å². The molecule has 1 spiro atoms. The quantitative estimate of drug-likeness (QED) is 0.181. The molecule has 0 radical (unpaired) electrons. The van der Waals surface area contributed by atoms with Crippen molar-refractivity contribution in [3.05, 3.63) is 210 Å². The summed E-state index contributed by atoms with van der Waals surface area (Å²) in [6.07, 6.45) is 0. The molecule has 4 heteroatoms. The van der Waals surface area contributed by atoms with E-state index in [1.54, 1.807) is 0 Å². The van der Waals surface area contributed by atoms with Crippen LogP contribution in [0.4, 0.5) is 0 Å². The molecule has 9 aromatic carbocycles. The Bertz CT molecular complexity index is 3750. The van der Waals surface area contributed by atoms with Gasteiger partial charge in [-0.1, -0.05) is 164 Å². The molecule has 3 aromatic heterocycles. The minimum Gasteiger partial charge on any atom is -0.455 e. The minimum atomic E-state index is -0.469. The van der Waals surface area contributed by atoms with E-state index in [0.717, 1.165) is 66.3 Å². The van der Waals surface area contributed by atoms with Crippen LogP contribution in [0.3, 0.4) is 0 Å². The van der Waals surface area contributed by atoms with Crippen molar-refractivity contribution < 1.29 is 4.42 Å². The van der Waals surface area contributed by atoms with Gasteiger partial charge in [0.1, 0.15) is 11.2 Å². The molecule has 4 nitrogen and oxygen atoms in total. The van der Waals surface area contributed by atoms with Gasteiger partial charge in [-0.2, -0.15) is 0 Å². The highest BCUT2D eigenvalue weighted by Gasteiger charge is 2.50. The molecule has 0 aliphatic heterocycles. The van der Waals surface area contributed by atoms with Gasteiger partial charge in [-0.05, 0) is 74.0 Å². The van der Waals surface area contributed by atoms with Crippen LogP contribution in [0.1, 0.15) is 22.3 Å². The first-order chi connectivity index (χ1) is 29.3. The minimum absolute atomic E-state index is 0.469. The maximum absolute atomic E-state index is 6.42. The van der Waals surface area contributed by atoms with E-state index in [4.69, 9.17) is 14.4 Å². The molecular formula is C55H31N3O. The molecule has 3 heterocycles. The summed E-state index contributed by atoms with van der Waals surface area (Å²) < 4.78 is 8.73. The zero-order valence-corrected chi connectivity index (χ0v) is 31.6. The van der Waals surface area contributed by atoms with Crippen molar-refractivity contribution in [1.82, 2.24) is 14.5 Å². The average Bonchev–Trinajstić information content (AvgIpc) is 3.95. The Morgan fingerprint density at radius 2 is 1.02 bits per heavy atom. The molecular weight excluding hydrogens is 719 g/mol. The normalized spacial score (nSPS) is 13.6. The van der Waals surface area contributed by atoms with Crippen LogP contribution in [0.5, 0.6) is 0 Å². The van der Waals surface area contributed by atoms with Gasteiger partial charge in [-0.25, -0.2) is 9.97 Å². The second kappa shape index (κ2) is 11.2. The summed E-state index contributed by atoms with van der Waals surface area (Å²) in [6.45, 7) is 0. The van der Waals surface area contributed by atoms with Crippen LogP contribution < -0.4 is 0 Å². The third-order valence-corrected chi connectivity index (χ3v) is 13.2. The Morgan fingerprint density at radius 3 is 1.85 bits per heavy atom. The van der Waals surface area contributed by atoms with E-state index in [0.29, 0.717) is 5.95 Å². The topological polar surface area (TPSA) is 43.9 Å². The van der Waals surface area contributed by atoms with Gasteiger partial charge in [0.25, 0.3) is 0 Å². The van der Waals surface area contributed by atoms with Crippen molar-refractivity contribution >= 4 is 65.4 Å². The zero-order valence-electron chi connectivity index (χ0n) is 31.6. The predicted octanol–water partition coefficient (Wildman–Crippen LogP) is 13.8. The molecule has 0 N–H and O–H groups in total. The predicted molar refractivity (Wildman–Crippen MR) is 240 cm³/mol. The SMILES string of the molecule is c1ccc2c(c1)-c1ccccc1C21c2cccc3ccc4c(c23)c2c1cccc2n4-c1nc(-c2ccc(-c3cccc4c3oc3ccccc34)cc2)c2ccccc2n1. The maximum Gasteiger partial charge on any atom is 0.235 e. The van der Waals surface area contributed by atoms with Gasteiger partial charge in [0, 0.05) is 38.1 Å². The molecule has 0 amide bonds. The second-order valence-corrected chi connectivity index (χ2v) is 16.0. The van der Waals surface area contributed by atoms with E-state index in [9.17, 15) is 0 Å². The third kappa shape index (κ3) is 3.88. The largest absolute Gasteiger partial charge is 0.455 e. The first kappa shape index (κ1) is 31.3. The van der Waals surface area contributed by atoms with Crippen LogP contribution in [0.25, 0.3) is 105 Å². The molecule has 0 unspecified atom stereocenters. The van der Waals surface area contributed by atoms with Gasteiger partial charge >= 0.3 is 0 Å². The highest BCUT2D eigenvalue weighted by Crippen LogP contribution is 2.62. The van der Waals surface area contributed by atoms with E-state index in [-0.39, 0.29) is 0 Å². The summed E-state index contributed by atoms with van der Waals surface area (Å²) in [5.74, 6) is 0.659. The number of nitrogens with zero attached hydrogens (tertiary/aromatic N) is 3. The fraction of sp³-hybridized carbons (Fsp3) is 0.0182. The number of hydrogen-bond acceptors (Lipinski definition) is 3. The Hall–Kier alpha value is -7.82. The highest BCUT2D eigenvalue weighted by atomic mass is 16.3. The van der Waals surface area contributed by atoms with Crippen LogP contribution in [0, 0.1) is 0 Å². The third-order valence-electron chi connectivity index (χ3n) is 13.2. The lowest BCUT2D eigenvalue weighted by molar-refractivity contribution is 0.670. The van der Waals surface area contributed by atoms with Crippen molar-refractivity contribution in [2.24, 2.45) is 0 Å². The molecule has 0 saturated carbocycles. The van der Waals surface area contributed by atoms with Crippen LogP contribution in [-0.2, 0) is 5.41 Å². The lowest BCUT2D eigenvalue weighted by Gasteiger charge is -2.37. The summed E-state index contributed by atoms with van der Waals surface area (Å²) in [5, 5.41) is 8.34. The number of rotatable bonds is 3. The Labute approximate surface area is 338 Å². The monoisotopic (exact) mass is 749 g/mol. The average molecular weight is 750 g/mol. The standard InChI is InChI=1S/C55H31N3O/c1-5-19-41-36(13-1)37-14-2-6-20-42(37)55(41)43-21-9-12-33-30-31-47-51(49(33)43)50-44(55)22-11-24-46(50)58(47)54-56-45-23-7-3-16-40(45)52(57-54)34-28-26-32(27-29-34)35-17-10-18-39-38-15-4-8-25-48(38)59-53(35)39/h1-31H. The molecule has 0 atom stereocenters. The van der Waals surface area contributed by atoms with Gasteiger partial charge in [-0.3, -0.25) is 4.57 Å². The smallest absolute Gasteiger partial charge is 0.235 e. The van der Waals surface area contributed by atoms with Crippen LogP contribution in [0.15, 0.2) is 192 Å². The summed E-state index contributed by atoms with van der Waals surface area (Å²) >= 11 is 0. The molecule has 0 bridgehead atoms. The number of aromatic nitrogens is 3. The number of para-hydroxylation sites is 3. The first-order valence-corrected chi connectivity index (χ1v) is 20.2. The fourth-order valence-electron chi connectivity index (χ4n) is 10.9. The summed E-state index contributed by atoms with van der Waals surface area (Å²) in [4.78, 5) is 10.9. The molecule has 0 fully saturated rings. The number of fused-ring (bicyclic) bond motifs is 11. The van der Waals surface area contributed by atoms with Gasteiger partial charge < -0.3 is 4.42 Å². The Kier molecular flexibility index (Phi) is 5.93. The van der Waals surface area contributed by atoms with Crippen molar-refractivity contribution in [3.8, 4) is 39.5 Å². The van der Waals surface area contributed by atoms with Gasteiger partial charge in [0.15, 0.2) is 0 Å². The molecule has 59 heavy (non-hydrogen) atoms. The van der Waals surface area contributed by atoms with Gasteiger partial charge in [-0.15, -0.1) is 0 Å². The molecule has 272 valence electrons. The summed E-state index contributed by atoms with van der Waals surface area (Å²) in [6, 6.07) is 68.0. The van der Waals surface area contributed by atoms with Crippen molar-refractivity contribution in [2.75, 3.05) is 0 Å². The second-order valence-electron chi connectivity index (χ2n) is 16.0. The lowest BCUT2D eigenvalue weighted by atomic mass is 9.63. The zero-order chi connectivity index (χ0) is 38.4. The van der Waals surface area contributed by atoms with Crippen LogP contribution in [0.2, 0.25) is 0 Å². The van der Waals surface area contributed by atoms with E-state index < -0.39 is 5.41 Å². The molecule has 12 aromatic rings. The summed E-state index contributed by atoms with van der Waals surface area (Å²) in [5.41, 5.74) is 16.5. The lowest BCUT2D eigenvalue weighted by Crippen LogP contribution is -2.30. The van der Waals surface area contributed by atoms with Gasteiger partial charge in [0.2, 0.25) is 5.95 Å². The molecule has 2 aliphatic rings. The van der Waals surface area contributed by atoms with Crippen LogP contribution in [-0.4, -0.2) is 14.5 Å². The molecule has 2 aliphatic carbocycles. The first-order valence-electron chi connectivity index (χ1n) is 20.2. The maximum atomic E-state index is 6.42. The van der Waals surface area contributed by atoms with E-state index in [1.807, 2.05) is 12.1 Å². The fourth-order valence-corrected chi connectivity index (χ4v) is 10.9. The Morgan fingerprint density at radius 1 is 0.407 bits per heavy atom. The van der Waals surface area contributed by atoms with Crippen molar-refractivity contribution in [2.45, 2.75) is 5.41 Å². The molecule has 14 rings (SSSR count). The van der Waals surface area contributed by atoms with E-state index in [1.165, 1.54) is 54.9 Å². The van der Waals surface area contributed by atoms with E-state index >= 15 is 0 Å². The van der Waals surface area contributed by atoms with E-state index in [2.05, 4.69) is 180 Å². The number of benzene rings is 9. The summed E-state index contributed by atoms with van der Waals surface area (Å²) in [7, 11) is 0. The number of furan rings is 1. The highest BCUT2D eigenvalue weighted by molar-refractivity contribution is 6.26. The number of hydrogen-bond donors (Lipinski definition) is 0. The molecule has 0 saturated heterocycles. The van der Waals surface area contributed by atoms with Crippen molar-refractivity contribution in [1.29, 1.82) is 0 Å². The van der Waals surface area contributed by atoms with Crippen LogP contribution >= 0.6 is 0 Å². The Balaban J connectivity index is 1.02.